The summed E-state index contributed by atoms with van der Waals surface area (Å²) in [7, 11) is -3.91. The van der Waals surface area contributed by atoms with Gasteiger partial charge in [0.15, 0.2) is 6.61 Å². The van der Waals surface area contributed by atoms with Gasteiger partial charge in [0, 0.05) is 25.2 Å². The number of carbonyl (C=O) groups is 2. The van der Waals surface area contributed by atoms with Gasteiger partial charge in [-0.1, -0.05) is 30.9 Å². The summed E-state index contributed by atoms with van der Waals surface area (Å²) >= 11 is 6.25. The third-order valence-electron chi connectivity index (χ3n) is 5.99. The second-order valence-corrected chi connectivity index (χ2v) is 10.5. The lowest BCUT2D eigenvalue weighted by Gasteiger charge is -2.33. The van der Waals surface area contributed by atoms with Crippen LogP contribution in [-0.2, 0) is 19.6 Å². The lowest BCUT2D eigenvalue weighted by atomic mass is 9.93. The number of amides is 2. The van der Waals surface area contributed by atoms with Crippen LogP contribution in [0.2, 0.25) is 5.02 Å². The van der Waals surface area contributed by atoms with E-state index in [0.717, 1.165) is 25.7 Å². The first-order valence-electron chi connectivity index (χ1n) is 10.4. The Balaban J connectivity index is 1.50. The van der Waals surface area contributed by atoms with E-state index in [0.29, 0.717) is 25.1 Å². The molecule has 1 saturated heterocycles. The molecule has 30 heavy (non-hydrogen) atoms. The van der Waals surface area contributed by atoms with Gasteiger partial charge in [0.2, 0.25) is 15.9 Å². The Kier molecular flexibility index (Phi) is 6.22. The van der Waals surface area contributed by atoms with E-state index in [1.54, 1.807) is 0 Å². The molecule has 1 aromatic rings. The highest BCUT2D eigenvalue weighted by Gasteiger charge is 2.36. The molecule has 2 aliphatic heterocycles. The highest BCUT2D eigenvalue weighted by Crippen LogP contribution is 2.37. The maximum Gasteiger partial charge on any atom is 0.262 e. The molecule has 2 N–H and O–H groups in total. The average Bonchev–Trinajstić information content (AvgIpc) is 2.74. The van der Waals surface area contributed by atoms with E-state index in [-0.39, 0.29) is 52.6 Å². The number of fused-ring (bicyclic) bond motifs is 1. The minimum absolute atomic E-state index is 0.00771. The molecule has 1 aromatic carbocycles. The molecule has 164 valence electrons. The van der Waals surface area contributed by atoms with Gasteiger partial charge in [-0.25, -0.2) is 8.42 Å². The predicted octanol–water partition coefficient (Wildman–Crippen LogP) is 2.52. The summed E-state index contributed by atoms with van der Waals surface area (Å²) in [4.78, 5) is 24.1. The lowest BCUT2D eigenvalue weighted by molar-refractivity contribution is -0.127. The van der Waals surface area contributed by atoms with Crippen molar-refractivity contribution in [1.82, 2.24) is 9.62 Å². The molecular weight excluding hydrogens is 430 g/mol. The van der Waals surface area contributed by atoms with Gasteiger partial charge in [0.1, 0.15) is 10.6 Å². The molecule has 0 bridgehead atoms. The highest BCUT2D eigenvalue weighted by atomic mass is 35.5. The van der Waals surface area contributed by atoms with Gasteiger partial charge in [0.05, 0.1) is 16.6 Å². The van der Waals surface area contributed by atoms with Crippen molar-refractivity contribution in [3.05, 3.63) is 17.2 Å². The molecule has 2 fully saturated rings. The Morgan fingerprint density at radius 3 is 2.70 bits per heavy atom. The zero-order valence-corrected chi connectivity index (χ0v) is 18.2. The van der Waals surface area contributed by atoms with Gasteiger partial charge in [-0.2, -0.15) is 4.31 Å². The minimum Gasteiger partial charge on any atom is -0.482 e. The van der Waals surface area contributed by atoms with E-state index in [4.69, 9.17) is 16.3 Å². The van der Waals surface area contributed by atoms with Gasteiger partial charge < -0.3 is 15.4 Å². The van der Waals surface area contributed by atoms with Crippen molar-refractivity contribution < 1.29 is 22.7 Å². The Morgan fingerprint density at radius 2 is 1.93 bits per heavy atom. The van der Waals surface area contributed by atoms with Gasteiger partial charge in [-0.15, -0.1) is 0 Å². The van der Waals surface area contributed by atoms with Crippen LogP contribution in [0.5, 0.6) is 5.75 Å². The van der Waals surface area contributed by atoms with Crippen molar-refractivity contribution in [1.29, 1.82) is 0 Å². The number of rotatable bonds is 4. The summed E-state index contributed by atoms with van der Waals surface area (Å²) in [5.74, 6) is -0.495. The lowest BCUT2D eigenvalue weighted by Crippen LogP contribution is -2.47. The highest BCUT2D eigenvalue weighted by molar-refractivity contribution is 7.89. The summed E-state index contributed by atoms with van der Waals surface area (Å²) < 4.78 is 33.2. The fourth-order valence-electron chi connectivity index (χ4n) is 4.36. The molecule has 1 atom stereocenters. The summed E-state index contributed by atoms with van der Waals surface area (Å²) in [6.07, 6.45) is 6.69. The summed E-state index contributed by atoms with van der Waals surface area (Å²) in [5, 5.41) is 5.73. The van der Waals surface area contributed by atoms with Crippen molar-refractivity contribution in [2.75, 3.05) is 25.0 Å². The maximum atomic E-state index is 13.3. The molecule has 2 heterocycles. The number of carbonyl (C=O) groups excluding carboxylic acids is 2. The molecule has 0 unspecified atom stereocenters. The van der Waals surface area contributed by atoms with E-state index >= 15 is 0 Å². The monoisotopic (exact) mass is 455 g/mol. The van der Waals surface area contributed by atoms with Crippen LogP contribution in [0.3, 0.4) is 0 Å². The van der Waals surface area contributed by atoms with Crippen molar-refractivity contribution in [2.24, 2.45) is 5.92 Å². The van der Waals surface area contributed by atoms with Crippen molar-refractivity contribution >= 4 is 39.1 Å². The molecule has 1 saturated carbocycles. The molecular formula is C20H26ClN3O5S. The molecule has 4 rings (SSSR count). The molecule has 3 aliphatic rings. The summed E-state index contributed by atoms with van der Waals surface area (Å²) in [5.41, 5.74) is 0.346. The zero-order valence-electron chi connectivity index (χ0n) is 16.7. The topological polar surface area (TPSA) is 105 Å². The number of nitrogens with zero attached hydrogens (tertiary/aromatic N) is 1. The second-order valence-electron chi connectivity index (χ2n) is 8.16. The number of halogens is 1. The number of anilines is 1. The summed E-state index contributed by atoms with van der Waals surface area (Å²) in [6.45, 7) is 0.285. The Bertz CT molecular complexity index is 946. The van der Waals surface area contributed by atoms with Gasteiger partial charge in [-0.05, 0) is 31.7 Å². The second kappa shape index (κ2) is 8.72. The van der Waals surface area contributed by atoms with Crippen LogP contribution in [0, 0.1) is 5.92 Å². The first-order chi connectivity index (χ1) is 14.3. The normalized spacial score (nSPS) is 23.2. The molecule has 1 aliphatic carbocycles. The van der Waals surface area contributed by atoms with E-state index in [2.05, 4.69) is 10.6 Å². The van der Waals surface area contributed by atoms with E-state index in [1.807, 2.05) is 0 Å². The SMILES string of the molecule is O=C1COc2cc(S(=O)(=O)N3CCC[C@@H](C(=O)NC4CCCCC4)C3)c(Cl)cc2N1. The van der Waals surface area contributed by atoms with Crippen LogP contribution >= 0.6 is 11.6 Å². The largest absolute Gasteiger partial charge is 0.482 e. The van der Waals surface area contributed by atoms with E-state index < -0.39 is 10.0 Å². The zero-order chi connectivity index (χ0) is 21.3. The minimum atomic E-state index is -3.91. The van der Waals surface area contributed by atoms with Gasteiger partial charge >= 0.3 is 0 Å². The standard InChI is InChI=1S/C20H26ClN3O5S/c21-15-9-16-17(29-12-19(25)23-16)10-18(15)30(27,28)24-8-4-5-13(11-24)20(26)22-14-6-2-1-3-7-14/h9-10,13-14H,1-8,11-12H2,(H,22,26)(H,23,25)/t13-/m1/s1. The van der Waals surface area contributed by atoms with Crippen LogP contribution in [-0.4, -0.2) is 50.3 Å². The molecule has 0 spiro atoms. The number of ether oxygens (including phenoxy) is 1. The molecule has 10 heteroatoms. The number of sulfonamides is 1. The quantitative estimate of drug-likeness (QED) is 0.725. The molecule has 2 amide bonds. The predicted molar refractivity (Wildman–Crippen MR) is 112 cm³/mol. The van der Waals surface area contributed by atoms with Gasteiger partial charge in [0.25, 0.3) is 5.91 Å². The van der Waals surface area contributed by atoms with E-state index in [1.165, 1.54) is 22.9 Å². The molecule has 8 nitrogen and oxygen atoms in total. The Hall–Kier alpha value is -1.84. The fraction of sp³-hybridized carbons (Fsp3) is 0.600. The number of piperidine rings is 1. The number of benzene rings is 1. The number of hydrogen-bond acceptors (Lipinski definition) is 5. The Labute approximate surface area is 181 Å². The molecule has 0 aromatic heterocycles. The first kappa shape index (κ1) is 21.4. The van der Waals surface area contributed by atoms with Crippen LogP contribution < -0.4 is 15.4 Å². The number of hydrogen-bond donors (Lipinski definition) is 2. The summed E-state index contributed by atoms with van der Waals surface area (Å²) in [6, 6.07) is 2.93. The third-order valence-corrected chi connectivity index (χ3v) is 8.32. The third kappa shape index (κ3) is 4.43. The Morgan fingerprint density at radius 1 is 1.17 bits per heavy atom. The van der Waals surface area contributed by atoms with Crippen LogP contribution in [0.15, 0.2) is 17.0 Å². The molecule has 0 radical (unpaired) electrons. The van der Waals surface area contributed by atoms with Crippen LogP contribution in [0.4, 0.5) is 5.69 Å². The van der Waals surface area contributed by atoms with Crippen LogP contribution in [0.25, 0.3) is 0 Å². The maximum absolute atomic E-state index is 13.3. The van der Waals surface area contributed by atoms with Gasteiger partial charge in [-0.3, -0.25) is 9.59 Å². The average molecular weight is 456 g/mol. The van der Waals surface area contributed by atoms with Crippen LogP contribution in [0.1, 0.15) is 44.9 Å². The first-order valence-corrected chi connectivity index (χ1v) is 12.2. The smallest absolute Gasteiger partial charge is 0.262 e. The van der Waals surface area contributed by atoms with Crippen molar-refractivity contribution in [2.45, 2.75) is 55.9 Å². The fourth-order valence-corrected chi connectivity index (χ4v) is 6.40. The van der Waals surface area contributed by atoms with Crippen molar-refractivity contribution in [3.8, 4) is 5.75 Å². The van der Waals surface area contributed by atoms with E-state index in [9.17, 15) is 18.0 Å². The van der Waals surface area contributed by atoms with Crippen molar-refractivity contribution in [3.63, 3.8) is 0 Å². The number of nitrogens with one attached hydrogen (secondary N) is 2.